The maximum atomic E-state index is 12.1. The molecule has 0 bridgehead atoms. The third-order valence-electron chi connectivity index (χ3n) is 3.19. The summed E-state index contributed by atoms with van der Waals surface area (Å²) in [4.78, 5) is 12.1. The van der Waals surface area contributed by atoms with Gasteiger partial charge in [0.15, 0.2) is 5.78 Å². The van der Waals surface area contributed by atoms with Crippen molar-refractivity contribution in [2.45, 2.75) is 31.7 Å². The van der Waals surface area contributed by atoms with E-state index in [1.54, 1.807) is 0 Å². The van der Waals surface area contributed by atoms with Crippen molar-refractivity contribution in [1.82, 2.24) is 5.32 Å². The zero-order valence-corrected chi connectivity index (χ0v) is 9.12. The van der Waals surface area contributed by atoms with E-state index < -0.39 is 0 Å². The smallest absolute Gasteiger partial charge is 0.156 e. The fourth-order valence-electron chi connectivity index (χ4n) is 2.11. The molecular formula is C13H17NO. The first kappa shape index (κ1) is 10.4. The molecule has 1 aromatic carbocycles. The van der Waals surface area contributed by atoms with Crippen LogP contribution in [0.1, 0.15) is 25.3 Å². The Morgan fingerprint density at radius 3 is 2.73 bits per heavy atom. The summed E-state index contributed by atoms with van der Waals surface area (Å²) in [5, 5.41) is 3.30. The van der Waals surface area contributed by atoms with Crippen molar-refractivity contribution >= 4 is 5.78 Å². The van der Waals surface area contributed by atoms with Gasteiger partial charge in [-0.2, -0.15) is 0 Å². The number of hydrogen-bond donors (Lipinski definition) is 1. The second-order valence-electron chi connectivity index (χ2n) is 4.45. The highest BCUT2D eigenvalue weighted by atomic mass is 16.1. The lowest BCUT2D eigenvalue weighted by molar-refractivity contribution is -0.123. The van der Waals surface area contributed by atoms with Crippen LogP contribution in [-0.2, 0) is 11.2 Å². The minimum Gasteiger partial charge on any atom is -0.305 e. The molecule has 1 aliphatic rings. The van der Waals surface area contributed by atoms with Gasteiger partial charge < -0.3 is 5.32 Å². The lowest BCUT2D eigenvalue weighted by Gasteiger charge is -2.22. The predicted molar refractivity (Wildman–Crippen MR) is 60.8 cm³/mol. The molecule has 0 amide bonds. The molecular weight excluding hydrogens is 186 g/mol. The van der Waals surface area contributed by atoms with E-state index in [2.05, 4.69) is 5.32 Å². The van der Waals surface area contributed by atoms with Crippen molar-refractivity contribution in [3.8, 4) is 0 Å². The molecule has 1 unspecified atom stereocenters. The second-order valence-corrected chi connectivity index (χ2v) is 4.45. The normalized spacial score (nSPS) is 25.4. The van der Waals surface area contributed by atoms with Gasteiger partial charge in [-0.3, -0.25) is 4.79 Å². The maximum absolute atomic E-state index is 12.1. The number of rotatable bonds is 3. The summed E-state index contributed by atoms with van der Waals surface area (Å²) in [6.45, 7) is 2.99. The first-order valence-electron chi connectivity index (χ1n) is 5.53. The standard InChI is InChI=1S/C13H17NO/c1-13(8-5-9-14-13)12(15)10-11-6-3-2-4-7-11/h2-4,6-7,14H,5,8-10H2,1H3. The Kier molecular flexibility index (Phi) is 2.87. The molecule has 80 valence electrons. The van der Waals surface area contributed by atoms with Crippen LogP contribution >= 0.6 is 0 Å². The Labute approximate surface area is 90.7 Å². The number of ketones is 1. The molecule has 0 aromatic heterocycles. The summed E-state index contributed by atoms with van der Waals surface area (Å²) in [6, 6.07) is 9.95. The molecule has 15 heavy (non-hydrogen) atoms. The summed E-state index contributed by atoms with van der Waals surface area (Å²) < 4.78 is 0. The van der Waals surface area contributed by atoms with E-state index in [0.717, 1.165) is 24.9 Å². The van der Waals surface area contributed by atoms with Crippen molar-refractivity contribution in [1.29, 1.82) is 0 Å². The van der Waals surface area contributed by atoms with Gasteiger partial charge in [0.05, 0.1) is 5.54 Å². The SMILES string of the molecule is CC1(C(=O)Cc2ccccc2)CCCN1. The number of Topliss-reactive ketones (excluding diaryl/α,β-unsaturated/α-hetero) is 1. The van der Waals surface area contributed by atoms with Gasteiger partial charge in [0.25, 0.3) is 0 Å². The van der Waals surface area contributed by atoms with Crippen LogP contribution in [0, 0.1) is 0 Å². The van der Waals surface area contributed by atoms with Gasteiger partial charge in [-0.1, -0.05) is 30.3 Å². The molecule has 1 N–H and O–H groups in total. The fourth-order valence-corrected chi connectivity index (χ4v) is 2.11. The number of carbonyl (C=O) groups excluding carboxylic acids is 1. The molecule has 1 fully saturated rings. The van der Waals surface area contributed by atoms with Crippen LogP contribution in [0.15, 0.2) is 30.3 Å². The number of hydrogen-bond acceptors (Lipinski definition) is 2. The summed E-state index contributed by atoms with van der Waals surface area (Å²) in [7, 11) is 0. The first-order valence-corrected chi connectivity index (χ1v) is 5.53. The zero-order chi connectivity index (χ0) is 10.7. The summed E-state index contributed by atoms with van der Waals surface area (Å²) in [6.07, 6.45) is 2.63. The highest BCUT2D eigenvalue weighted by Gasteiger charge is 2.34. The van der Waals surface area contributed by atoms with Gasteiger partial charge in [0.2, 0.25) is 0 Å². The molecule has 1 atom stereocenters. The van der Waals surface area contributed by atoms with E-state index >= 15 is 0 Å². The topological polar surface area (TPSA) is 29.1 Å². The Hall–Kier alpha value is -1.15. The quantitative estimate of drug-likeness (QED) is 0.813. The van der Waals surface area contributed by atoms with Gasteiger partial charge in [0.1, 0.15) is 0 Å². The Morgan fingerprint density at radius 2 is 2.13 bits per heavy atom. The van der Waals surface area contributed by atoms with Crippen LogP contribution in [0.5, 0.6) is 0 Å². The van der Waals surface area contributed by atoms with Crippen LogP contribution in [0.4, 0.5) is 0 Å². The Bertz CT molecular complexity index is 339. The van der Waals surface area contributed by atoms with E-state index in [4.69, 9.17) is 0 Å². The van der Waals surface area contributed by atoms with E-state index in [-0.39, 0.29) is 5.54 Å². The fraction of sp³-hybridized carbons (Fsp3) is 0.462. The number of nitrogens with one attached hydrogen (secondary N) is 1. The molecule has 1 heterocycles. The van der Waals surface area contributed by atoms with Gasteiger partial charge in [-0.05, 0) is 31.9 Å². The first-order chi connectivity index (χ1) is 7.21. The number of carbonyl (C=O) groups is 1. The third kappa shape index (κ3) is 2.26. The Balaban J connectivity index is 2.04. The summed E-state index contributed by atoms with van der Waals surface area (Å²) in [5.74, 6) is 0.311. The Morgan fingerprint density at radius 1 is 1.40 bits per heavy atom. The highest BCUT2D eigenvalue weighted by Crippen LogP contribution is 2.21. The van der Waals surface area contributed by atoms with E-state index in [1.807, 2.05) is 37.3 Å². The van der Waals surface area contributed by atoms with E-state index in [1.165, 1.54) is 0 Å². The molecule has 0 spiro atoms. The lowest BCUT2D eigenvalue weighted by Crippen LogP contribution is -2.45. The lowest BCUT2D eigenvalue weighted by atomic mass is 9.90. The molecule has 2 rings (SSSR count). The zero-order valence-electron chi connectivity index (χ0n) is 9.12. The minimum atomic E-state index is -0.282. The van der Waals surface area contributed by atoms with Crippen LogP contribution < -0.4 is 5.32 Å². The molecule has 0 aliphatic carbocycles. The van der Waals surface area contributed by atoms with Gasteiger partial charge in [0, 0.05) is 6.42 Å². The van der Waals surface area contributed by atoms with Crippen molar-refractivity contribution in [3.63, 3.8) is 0 Å². The highest BCUT2D eigenvalue weighted by molar-refractivity contribution is 5.90. The molecule has 1 aromatic rings. The van der Waals surface area contributed by atoms with Crippen LogP contribution in [0.2, 0.25) is 0 Å². The molecule has 0 saturated carbocycles. The average molecular weight is 203 g/mol. The van der Waals surface area contributed by atoms with Gasteiger partial charge in [-0.25, -0.2) is 0 Å². The van der Waals surface area contributed by atoms with Gasteiger partial charge >= 0.3 is 0 Å². The largest absolute Gasteiger partial charge is 0.305 e. The predicted octanol–water partition coefficient (Wildman–Crippen LogP) is 1.94. The van der Waals surface area contributed by atoms with Crippen LogP contribution in [-0.4, -0.2) is 17.9 Å². The molecule has 2 nitrogen and oxygen atoms in total. The third-order valence-corrected chi connectivity index (χ3v) is 3.19. The molecule has 1 saturated heterocycles. The minimum absolute atomic E-state index is 0.282. The van der Waals surface area contributed by atoms with Crippen molar-refractivity contribution in [2.75, 3.05) is 6.54 Å². The van der Waals surface area contributed by atoms with Crippen molar-refractivity contribution in [2.24, 2.45) is 0 Å². The maximum Gasteiger partial charge on any atom is 0.156 e. The van der Waals surface area contributed by atoms with E-state index in [0.29, 0.717) is 12.2 Å². The summed E-state index contributed by atoms with van der Waals surface area (Å²) >= 11 is 0. The monoisotopic (exact) mass is 203 g/mol. The average Bonchev–Trinajstić information content (AvgIpc) is 2.68. The molecule has 0 radical (unpaired) electrons. The number of benzene rings is 1. The molecule has 2 heteroatoms. The molecule has 1 aliphatic heterocycles. The van der Waals surface area contributed by atoms with Gasteiger partial charge in [-0.15, -0.1) is 0 Å². The van der Waals surface area contributed by atoms with E-state index in [9.17, 15) is 4.79 Å². The van der Waals surface area contributed by atoms with Crippen LogP contribution in [0.25, 0.3) is 0 Å². The van der Waals surface area contributed by atoms with Crippen molar-refractivity contribution in [3.05, 3.63) is 35.9 Å². The summed E-state index contributed by atoms with van der Waals surface area (Å²) in [5.41, 5.74) is 0.827. The van der Waals surface area contributed by atoms with Crippen LogP contribution in [0.3, 0.4) is 0 Å². The van der Waals surface area contributed by atoms with Crippen molar-refractivity contribution < 1.29 is 4.79 Å². The second kappa shape index (κ2) is 4.15.